The van der Waals surface area contributed by atoms with Crippen molar-refractivity contribution in [1.82, 2.24) is 4.98 Å². The fourth-order valence-electron chi connectivity index (χ4n) is 0.766. The van der Waals surface area contributed by atoms with E-state index in [9.17, 15) is 0 Å². The van der Waals surface area contributed by atoms with Crippen LogP contribution in [0.4, 0.5) is 0 Å². The highest BCUT2D eigenvalue weighted by molar-refractivity contribution is 5.27. The smallest absolute Gasteiger partial charge is 0.0299 e. The van der Waals surface area contributed by atoms with Gasteiger partial charge in [-0.2, -0.15) is 0 Å². The van der Waals surface area contributed by atoms with E-state index in [2.05, 4.69) is 25.8 Å². The minimum atomic E-state index is 1.27. The van der Waals surface area contributed by atoms with Crippen LogP contribution in [-0.2, 0) is 0 Å². The molecule has 0 unspecified atom stereocenters. The molecular formula is C12H23N. The van der Waals surface area contributed by atoms with Gasteiger partial charge in [0.1, 0.15) is 0 Å². The molecule has 1 heteroatoms. The predicted molar refractivity (Wildman–Crippen MR) is 61.1 cm³/mol. The van der Waals surface area contributed by atoms with Crippen LogP contribution < -0.4 is 0 Å². The van der Waals surface area contributed by atoms with Gasteiger partial charge in [-0.1, -0.05) is 27.7 Å². The van der Waals surface area contributed by atoms with E-state index >= 15 is 0 Å². The standard InChI is InChI=1S/C8H11N.2C2H6/c1-6-4-9-5-7(2)8(6)3;2*1-2/h4-5H,1-3H3;2*1-2H3. The summed E-state index contributed by atoms with van der Waals surface area (Å²) < 4.78 is 0. The number of nitrogens with zero attached hydrogens (tertiary/aromatic N) is 1. The predicted octanol–water partition coefficient (Wildman–Crippen LogP) is 4.06. The molecule has 0 atom stereocenters. The summed E-state index contributed by atoms with van der Waals surface area (Å²) in [5.74, 6) is 0. The van der Waals surface area contributed by atoms with E-state index in [-0.39, 0.29) is 0 Å². The maximum atomic E-state index is 4.04. The summed E-state index contributed by atoms with van der Waals surface area (Å²) in [4.78, 5) is 4.04. The van der Waals surface area contributed by atoms with Crippen molar-refractivity contribution in [3.63, 3.8) is 0 Å². The van der Waals surface area contributed by atoms with Gasteiger partial charge in [-0.3, -0.25) is 4.98 Å². The summed E-state index contributed by atoms with van der Waals surface area (Å²) in [7, 11) is 0. The lowest BCUT2D eigenvalue weighted by Gasteiger charge is -1.99. The zero-order valence-electron chi connectivity index (χ0n) is 10.1. The summed E-state index contributed by atoms with van der Waals surface area (Å²) in [6.45, 7) is 14.3. The van der Waals surface area contributed by atoms with Gasteiger partial charge in [0.15, 0.2) is 0 Å². The van der Waals surface area contributed by atoms with E-state index in [1.165, 1.54) is 16.7 Å². The van der Waals surface area contributed by atoms with Crippen LogP contribution in [0, 0.1) is 20.8 Å². The van der Waals surface area contributed by atoms with Crippen molar-refractivity contribution in [3.8, 4) is 0 Å². The molecule has 1 rings (SSSR count). The van der Waals surface area contributed by atoms with E-state index in [0.29, 0.717) is 0 Å². The molecule has 0 aliphatic heterocycles. The topological polar surface area (TPSA) is 12.9 Å². The summed E-state index contributed by atoms with van der Waals surface area (Å²) in [5, 5.41) is 0. The number of rotatable bonds is 0. The van der Waals surface area contributed by atoms with Crippen molar-refractivity contribution in [2.75, 3.05) is 0 Å². The van der Waals surface area contributed by atoms with Crippen LogP contribution in [0.2, 0.25) is 0 Å². The van der Waals surface area contributed by atoms with E-state index in [1.807, 2.05) is 40.1 Å². The van der Waals surface area contributed by atoms with Crippen molar-refractivity contribution in [1.29, 1.82) is 0 Å². The van der Waals surface area contributed by atoms with Gasteiger partial charge in [0.2, 0.25) is 0 Å². The molecule has 0 aromatic carbocycles. The Hall–Kier alpha value is -0.850. The van der Waals surface area contributed by atoms with Gasteiger partial charge in [0, 0.05) is 12.4 Å². The second kappa shape index (κ2) is 9.24. The Morgan fingerprint density at radius 3 is 1.31 bits per heavy atom. The fourth-order valence-corrected chi connectivity index (χ4v) is 0.766. The first-order valence-electron chi connectivity index (χ1n) is 5.09. The van der Waals surface area contributed by atoms with Crippen molar-refractivity contribution in [2.24, 2.45) is 0 Å². The lowest BCUT2D eigenvalue weighted by Crippen LogP contribution is -1.86. The Morgan fingerprint density at radius 2 is 1.08 bits per heavy atom. The van der Waals surface area contributed by atoms with E-state index in [0.717, 1.165) is 0 Å². The maximum Gasteiger partial charge on any atom is 0.0299 e. The van der Waals surface area contributed by atoms with E-state index in [1.54, 1.807) is 0 Å². The van der Waals surface area contributed by atoms with Gasteiger partial charge < -0.3 is 0 Å². The molecule has 1 nitrogen and oxygen atoms in total. The van der Waals surface area contributed by atoms with Crippen LogP contribution >= 0.6 is 0 Å². The molecule has 0 spiro atoms. The molecule has 0 N–H and O–H groups in total. The van der Waals surface area contributed by atoms with Crippen molar-refractivity contribution < 1.29 is 0 Å². The zero-order chi connectivity index (χ0) is 10.9. The van der Waals surface area contributed by atoms with Gasteiger partial charge >= 0.3 is 0 Å². The van der Waals surface area contributed by atoms with Gasteiger partial charge in [-0.15, -0.1) is 0 Å². The number of aromatic nitrogens is 1. The van der Waals surface area contributed by atoms with Crippen LogP contribution in [0.3, 0.4) is 0 Å². The van der Waals surface area contributed by atoms with E-state index in [4.69, 9.17) is 0 Å². The molecule has 0 radical (unpaired) electrons. The lowest BCUT2D eigenvalue weighted by molar-refractivity contribution is 1.16. The average Bonchev–Trinajstić information content (AvgIpc) is 2.20. The molecule has 0 amide bonds. The molecule has 1 heterocycles. The molecule has 0 aliphatic carbocycles. The molecular weight excluding hydrogens is 158 g/mol. The molecule has 13 heavy (non-hydrogen) atoms. The first-order valence-corrected chi connectivity index (χ1v) is 5.09. The highest BCUT2D eigenvalue weighted by Crippen LogP contribution is 2.07. The fraction of sp³-hybridized carbons (Fsp3) is 0.583. The normalized spacial score (nSPS) is 7.62. The second-order valence-electron chi connectivity index (χ2n) is 2.40. The number of hydrogen-bond acceptors (Lipinski definition) is 1. The third-order valence-corrected chi connectivity index (χ3v) is 1.72. The highest BCUT2D eigenvalue weighted by atomic mass is 14.6. The third kappa shape index (κ3) is 5.40. The SMILES string of the molecule is CC.CC.Cc1cncc(C)c1C. The van der Waals surface area contributed by atoms with Crippen LogP contribution in [0.5, 0.6) is 0 Å². The average molecular weight is 181 g/mol. The Kier molecular flexibility index (Phi) is 10.4. The largest absolute Gasteiger partial charge is 0.264 e. The summed E-state index contributed by atoms with van der Waals surface area (Å²) in [6, 6.07) is 0. The zero-order valence-corrected chi connectivity index (χ0v) is 10.1. The molecule has 0 saturated carbocycles. The number of aryl methyl sites for hydroxylation is 2. The van der Waals surface area contributed by atoms with Crippen molar-refractivity contribution in [2.45, 2.75) is 48.5 Å². The molecule has 0 fully saturated rings. The van der Waals surface area contributed by atoms with E-state index < -0.39 is 0 Å². The molecule has 1 aromatic heterocycles. The van der Waals surface area contributed by atoms with Crippen LogP contribution in [0.15, 0.2) is 12.4 Å². The summed E-state index contributed by atoms with van der Waals surface area (Å²) >= 11 is 0. The van der Waals surface area contributed by atoms with Gasteiger partial charge in [0.05, 0.1) is 0 Å². The quantitative estimate of drug-likeness (QED) is 0.588. The summed E-state index contributed by atoms with van der Waals surface area (Å²) in [6.07, 6.45) is 3.78. The Morgan fingerprint density at radius 1 is 0.769 bits per heavy atom. The highest BCUT2D eigenvalue weighted by Gasteiger charge is 1.93. The monoisotopic (exact) mass is 181 g/mol. The van der Waals surface area contributed by atoms with Gasteiger partial charge in [0.25, 0.3) is 0 Å². The Labute approximate surface area is 83.2 Å². The summed E-state index contributed by atoms with van der Waals surface area (Å²) in [5.41, 5.74) is 3.90. The molecule has 1 aromatic rings. The first kappa shape index (κ1) is 14.7. The first-order chi connectivity index (χ1) is 6.22. The Bertz CT molecular complexity index is 196. The van der Waals surface area contributed by atoms with Crippen LogP contribution in [0.1, 0.15) is 44.4 Å². The van der Waals surface area contributed by atoms with Crippen LogP contribution in [0.25, 0.3) is 0 Å². The van der Waals surface area contributed by atoms with Crippen molar-refractivity contribution in [3.05, 3.63) is 29.1 Å². The molecule has 76 valence electrons. The molecule has 0 aliphatic rings. The minimum Gasteiger partial charge on any atom is -0.264 e. The van der Waals surface area contributed by atoms with Gasteiger partial charge in [-0.05, 0) is 37.5 Å². The third-order valence-electron chi connectivity index (χ3n) is 1.72. The number of pyridine rings is 1. The molecule has 0 saturated heterocycles. The van der Waals surface area contributed by atoms with Crippen molar-refractivity contribution >= 4 is 0 Å². The lowest BCUT2D eigenvalue weighted by atomic mass is 10.1. The second-order valence-corrected chi connectivity index (χ2v) is 2.40. The minimum absolute atomic E-state index is 1.27. The van der Waals surface area contributed by atoms with Gasteiger partial charge in [-0.25, -0.2) is 0 Å². The van der Waals surface area contributed by atoms with Crippen LogP contribution in [-0.4, -0.2) is 4.98 Å². The Balaban J connectivity index is 0. The maximum absolute atomic E-state index is 4.04. The number of hydrogen-bond donors (Lipinski definition) is 0. The molecule has 0 bridgehead atoms.